The SMILES string of the molecule is CCCc1nc(-c2ccc(NCc3ccc(F)cc3)cc2)[nH]c1C. The predicted molar refractivity (Wildman–Crippen MR) is 96.5 cm³/mol. The van der Waals surface area contributed by atoms with Gasteiger partial charge in [0.2, 0.25) is 0 Å². The molecular formula is C20H22FN3. The number of benzene rings is 2. The molecule has 0 fully saturated rings. The van der Waals surface area contributed by atoms with E-state index in [0.29, 0.717) is 6.54 Å². The molecule has 0 atom stereocenters. The van der Waals surface area contributed by atoms with Crippen LogP contribution in [-0.4, -0.2) is 9.97 Å². The van der Waals surface area contributed by atoms with E-state index in [2.05, 4.69) is 41.3 Å². The fourth-order valence-electron chi connectivity index (χ4n) is 2.67. The fourth-order valence-corrected chi connectivity index (χ4v) is 2.67. The Hall–Kier alpha value is -2.62. The van der Waals surface area contributed by atoms with Gasteiger partial charge in [-0.05, 0) is 55.3 Å². The van der Waals surface area contributed by atoms with E-state index in [9.17, 15) is 4.39 Å². The molecule has 0 unspecified atom stereocenters. The highest BCUT2D eigenvalue weighted by molar-refractivity contribution is 5.60. The van der Waals surface area contributed by atoms with E-state index in [1.54, 1.807) is 12.1 Å². The first-order valence-electron chi connectivity index (χ1n) is 8.30. The van der Waals surface area contributed by atoms with Gasteiger partial charge < -0.3 is 10.3 Å². The van der Waals surface area contributed by atoms with Gasteiger partial charge >= 0.3 is 0 Å². The van der Waals surface area contributed by atoms with Crippen molar-refractivity contribution in [3.8, 4) is 11.4 Å². The molecule has 3 nitrogen and oxygen atoms in total. The van der Waals surface area contributed by atoms with Crippen molar-refractivity contribution in [1.82, 2.24) is 9.97 Å². The van der Waals surface area contributed by atoms with E-state index >= 15 is 0 Å². The smallest absolute Gasteiger partial charge is 0.137 e. The van der Waals surface area contributed by atoms with Crippen molar-refractivity contribution in [3.05, 3.63) is 71.3 Å². The van der Waals surface area contributed by atoms with Crippen molar-refractivity contribution >= 4 is 5.69 Å². The number of aryl methyl sites for hydroxylation is 2. The Morgan fingerprint density at radius 3 is 2.42 bits per heavy atom. The van der Waals surface area contributed by atoms with E-state index < -0.39 is 0 Å². The van der Waals surface area contributed by atoms with Gasteiger partial charge in [-0.15, -0.1) is 0 Å². The minimum Gasteiger partial charge on any atom is -0.381 e. The van der Waals surface area contributed by atoms with Gasteiger partial charge in [0.15, 0.2) is 0 Å². The molecule has 1 heterocycles. The van der Waals surface area contributed by atoms with Crippen molar-refractivity contribution in [1.29, 1.82) is 0 Å². The van der Waals surface area contributed by atoms with Crippen LogP contribution in [0.1, 0.15) is 30.3 Å². The van der Waals surface area contributed by atoms with Gasteiger partial charge in [-0.25, -0.2) is 9.37 Å². The zero-order chi connectivity index (χ0) is 16.9. The van der Waals surface area contributed by atoms with Gasteiger partial charge in [0, 0.05) is 23.5 Å². The molecule has 0 spiro atoms. The van der Waals surface area contributed by atoms with E-state index in [0.717, 1.165) is 46.9 Å². The van der Waals surface area contributed by atoms with E-state index in [1.165, 1.54) is 12.1 Å². The first kappa shape index (κ1) is 16.2. The van der Waals surface area contributed by atoms with Crippen LogP contribution in [0.2, 0.25) is 0 Å². The molecule has 0 aliphatic rings. The Bertz CT molecular complexity index is 789. The lowest BCUT2D eigenvalue weighted by molar-refractivity contribution is 0.627. The van der Waals surface area contributed by atoms with Gasteiger partial charge in [0.1, 0.15) is 11.6 Å². The topological polar surface area (TPSA) is 40.7 Å². The van der Waals surface area contributed by atoms with Gasteiger partial charge in [-0.3, -0.25) is 0 Å². The second kappa shape index (κ2) is 7.30. The molecule has 0 saturated carbocycles. The molecule has 2 N–H and O–H groups in total. The largest absolute Gasteiger partial charge is 0.381 e. The Labute approximate surface area is 142 Å². The van der Waals surface area contributed by atoms with Crippen LogP contribution in [0.4, 0.5) is 10.1 Å². The Morgan fingerprint density at radius 1 is 1.04 bits per heavy atom. The minimum absolute atomic E-state index is 0.209. The van der Waals surface area contributed by atoms with Crippen molar-refractivity contribution in [3.63, 3.8) is 0 Å². The quantitative estimate of drug-likeness (QED) is 0.663. The lowest BCUT2D eigenvalue weighted by Gasteiger charge is -2.07. The van der Waals surface area contributed by atoms with Gasteiger partial charge in [-0.1, -0.05) is 25.5 Å². The maximum absolute atomic E-state index is 12.9. The monoisotopic (exact) mass is 323 g/mol. The summed E-state index contributed by atoms with van der Waals surface area (Å²) >= 11 is 0. The van der Waals surface area contributed by atoms with Crippen molar-refractivity contribution in [2.75, 3.05) is 5.32 Å². The van der Waals surface area contributed by atoms with Crippen LogP contribution >= 0.6 is 0 Å². The summed E-state index contributed by atoms with van der Waals surface area (Å²) in [5, 5.41) is 3.34. The van der Waals surface area contributed by atoms with Crippen molar-refractivity contribution < 1.29 is 4.39 Å². The van der Waals surface area contributed by atoms with Crippen LogP contribution in [0, 0.1) is 12.7 Å². The summed E-state index contributed by atoms with van der Waals surface area (Å²) in [6.45, 7) is 4.90. The number of aromatic amines is 1. The Balaban J connectivity index is 1.66. The number of rotatable bonds is 6. The van der Waals surface area contributed by atoms with Crippen LogP contribution in [0.5, 0.6) is 0 Å². The number of anilines is 1. The highest BCUT2D eigenvalue weighted by Gasteiger charge is 2.07. The third kappa shape index (κ3) is 3.82. The number of nitrogens with one attached hydrogen (secondary N) is 2. The fraction of sp³-hybridized carbons (Fsp3) is 0.250. The van der Waals surface area contributed by atoms with Crippen LogP contribution in [0.25, 0.3) is 11.4 Å². The van der Waals surface area contributed by atoms with Gasteiger partial charge in [0.25, 0.3) is 0 Å². The maximum Gasteiger partial charge on any atom is 0.137 e. The molecule has 4 heteroatoms. The summed E-state index contributed by atoms with van der Waals surface area (Å²) < 4.78 is 12.9. The van der Waals surface area contributed by atoms with Crippen LogP contribution in [-0.2, 0) is 13.0 Å². The Morgan fingerprint density at radius 2 is 1.75 bits per heavy atom. The molecule has 3 rings (SSSR count). The zero-order valence-electron chi connectivity index (χ0n) is 14.1. The standard InChI is InChI=1S/C20H22FN3/c1-3-4-19-14(2)23-20(24-19)16-7-11-18(12-8-16)22-13-15-5-9-17(21)10-6-15/h5-12,22H,3-4,13H2,1-2H3,(H,23,24). The molecule has 0 radical (unpaired) electrons. The number of hydrogen-bond acceptors (Lipinski definition) is 2. The summed E-state index contributed by atoms with van der Waals surface area (Å²) in [6, 6.07) is 14.7. The third-order valence-corrected chi connectivity index (χ3v) is 4.04. The van der Waals surface area contributed by atoms with Crippen LogP contribution in [0.3, 0.4) is 0 Å². The molecule has 0 aliphatic heterocycles. The normalized spacial score (nSPS) is 10.8. The molecule has 0 amide bonds. The van der Waals surface area contributed by atoms with Gasteiger partial charge in [-0.2, -0.15) is 0 Å². The third-order valence-electron chi connectivity index (χ3n) is 4.04. The summed E-state index contributed by atoms with van der Waals surface area (Å²) in [7, 11) is 0. The van der Waals surface area contributed by atoms with E-state index in [1.807, 2.05) is 12.1 Å². The Kier molecular flexibility index (Phi) is 4.94. The lowest BCUT2D eigenvalue weighted by Crippen LogP contribution is -1.99. The second-order valence-electron chi connectivity index (χ2n) is 5.96. The summed E-state index contributed by atoms with van der Waals surface area (Å²) in [6.07, 6.45) is 2.09. The summed E-state index contributed by atoms with van der Waals surface area (Å²) in [5.41, 5.74) is 5.44. The first-order valence-corrected chi connectivity index (χ1v) is 8.30. The molecule has 2 aromatic carbocycles. The highest BCUT2D eigenvalue weighted by atomic mass is 19.1. The van der Waals surface area contributed by atoms with E-state index in [4.69, 9.17) is 0 Å². The highest BCUT2D eigenvalue weighted by Crippen LogP contribution is 2.21. The number of halogens is 1. The average molecular weight is 323 g/mol. The number of hydrogen-bond donors (Lipinski definition) is 2. The number of nitrogens with zero attached hydrogens (tertiary/aromatic N) is 1. The molecule has 24 heavy (non-hydrogen) atoms. The zero-order valence-corrected chi connectivity index (χ0v) is 14.1. The van der Waals surface area contributed by atoms with Gasteiger partial charge in [0.05, 0.1) is 5.69 Å². The first-order chi connectivity index (χ1) is 11.7. The van der Waals surface area contributed by atoms with Crippen molar-refractivity contribution in [2.45, 2.75) is 33.2 Å². The van der Waals surface area contributed by atoms with Crippen molar-refractivity contribution in [2.24, 2.45) is 0 Å². The maximum atomic E-state index is 12.9. The molecule has 124 valence electrons. The molecule has 0 saturated heterocycles. The van der Waals surface area contributed by atoms with Crippen LogP contribution < -0.4 is 5.32 Å². The number of imidazole rings is 1. The molecule has 0 aliphatic carbocycles. The number of H-pyrrole nitrogens is 1. The minimum atomic E-state index is -0.209. The second-order valence-corrected chi connectivity index (χ2v) is 5.96. The average Bonchev–Trinajstić information content (AvgIpc) is 2.96. The molecule has 0 bridgehead atoms. The van der Waals surface area contributed by atoms with Crippen LogP contribution in [0.15, 0.2) is 48.5 Å². The van der Waals surface area contributed by atoms with E-state index in [-0.39, 0.29) is 5.82 Å². The molecule has 3 aromatic rings. The lowest BCUT2D eigenvalue weighted by atomic mass is 10.2. The predicted octanol–water partition coefficient (Wildman–Crippen LogP) is 5.09. The summed E-state index contributed by atoms with van der Waals surface area (Å²) in [4.78, 5) is 8.05. The molecular weight excluding hydrogens is 301 g/mol. The number of aromatic nitrogens is 2. The molecule has 1 aromatic heterocycles. The summed E-state index contributed by atoms with van der Waals surface area (Å²) in [5.74, 6) is 0.709.